The van der Waals surface area contributed by atoms with E-state index in [1.54, 1.807) is 0 Å². The average Bonchev–Trinajstić information content (AvgIpc) is 2.69. The number of nitrogens with one attached hydrogen (secondary N) is 2. The minimum absolute atomic E-state index is 0.0131. The number of carboxylic acid groups (broad SMARTS) is 1. The molecule has 1 aliphatic heterocycles. The molecule has 1 fully saturated rings. The van der Waals surface area contributed by atoms with Crippen molar-refractivity contribution in [2.24, 2.45) is 0 Å². The number of terminal acetylenes is 1. The van der Waals surface area contributed by atoms with Crippen molar-refractivity contribution in [3.8, 4) is 12.3 Å². The lowest BCUT2D eigenvalue weighted by molar-refractivity contribution is -0.141. The molecule has 5 heteroatoms. The fourth-order valence-corrected chi connectivity index (χ4v) is 1.73. The van der Waals surface area contributed by atoms with Crippen LogP contribution in [0.5, 0.6) is 0 Å². The normalized spacial score (nSPS) is 21.1. The number of carbonyl (C=O) groups excluding carboxylic acids is 1. The first kappa shape index (κ1) is 12.5. The maximum Gasteiger partial charge on any atom is 0.327 e. The lowest BCUT2D eigenvalue weighted by Gasteiger charge is -2.14. The van der Waals surface area contributed by atoms with E-state index in [-0.39, 0.29) is 18.4 Å². The minimum Gasteiger partial charge on any atom is -0.480 e. The maximum atomic E-state index is 11.5. The molecule has 1 heterocycles. The Hall–Kier alpha value is -1.54. The maximum absolute atomic E-state index is 11.5. The molecule has 0 aromatic rings. The van der Waals surface area contributed by atoms with Crippen molar-refractivity contribution in [3.63, 3.8) is 0 Å². The molecule has 3 N–H and O–H groups in total. The van der Waals surface area contributed by atoms with Crippen LogP contribution in [-0.4, -0.2) is 35.6 Å². The monoisotopic (exact) mass is 224 g/mol. The van der Waals surface area contributed by atoms with Crippen LogP contribution in [0.3, 0.4) is 0 Å². The molecule has 0 bridgehead atoms. The molecule has 88 valence electrons. The van der Waals surface area contributed by atoms with E-state index in [9.17, 15) is 9.59 Å². The molecule has 0 aromatic carbocycles. The SMILES string of the molecule is C#CCC(NC(=O)CC1CCCN1)C(=O)O. The van der Waals surface area contributed by atoms with Crippen LogP contribution in [0.25, 0.3) is 0 Å². The highest BCUT2D eigenvalue weighted by molar-refractivity contribution is 5.84. The quantitative estimate of drug-likeness (QED) is 0.561. The van der Waals surface area contributed by atoms with Crippen LogP contribution in [0.15, 0.2) is 0 Å². The summed E-state index contributed by atoms with van der Waals surface area (Å²) in [5.41, 5.74) is 0. The molecule has 1 saturated heterocycles. The molecule has 1 amide bonds. The molecule has 0 saturated carbocycles. The van der Waals surface area contributed by atoms with Gasteiger partial charge in [0.25, 0.3) is 0 Å². The third kappa shape index (κ3) is 3.91. The third-order valence-electron chi connectivity index (χ3n) is 2.55. The average molecular weight is 224 g/mol. The van der Waals surface area contributed by atoms with E-state index >= 15 is 0 Å². The highest BCUT2D eigenvalue weighted by atomic mass is 16.4. The first-order chi connectivity index (χ1) is 7.63. The molecule has 1 rings (SSSR count). The van der Waals surface area contributed by atoms with Crippen LogP contribution >= 0.6 is 0 Å². The van der Waals surface area contributed by atoms with Crippen molar-refractivity contribution in [2.45, 2.75) is 37.8 Å². The van der Waals surface area contributed by atoms with Gasteiger partial charge in [-0.25, -0.2) is 4.79 Å². The molecule has 2 atom stereocenters. The van der Waals surface area contributed by atoms with Crippen LogP contribution in [0.1, 0.15) is 25.7 Å². The Balaban J connectivity index is 2.36. The second-order valence-electron chi connectivity index (χ2n) is 3.86. The summed E-state index contributed by atoms with van der Waals surface area (Å²) < 4.78 is 0. The van der Waals surface area contributed by atoms with Crippen molar-refractivity contribution in [3.05, 3.63) is 0 Å². The molecular weight excluding hydrogens is 208 g/mol. The molecule has 0 aromatic heterocycles. The standard InChI is InChI=1S/C11H16N2O3/c1-2-4-9(11(15)16)13-10(14)7-8-5-3-6-12-8/h1,8-9,12H,3-7H2,(H,13,14)(H,15,16). The van der Waals surface area contributed by atoms with E-state index in [1.165, 1.54) is 0 Å². The zero-order valence-electron chi connectivity index (χ0n) is 9.03. The number of rotatable bonds is 5. The molecule has 0 radical (unpaired) electrons. The summed E-state index contributed by atoms with van der Waals surface area (Å²) in [5, 5.41) is 14.4. The van der Waals surface area contributed by atoms with E-state index in [0.717, 1.165) is 19.4 Å². The van der Waals surface area contributed by atoms with E-state index in [2.05, 4.69) is 16.6 Å². The first-order valence-corrected chi connectivity index (χ1v) is 5.32. The van der Waals surface area contributed by atoms with Gasteiger partial charge in [0.1, 0.15) is 6.04 Å². The zero-order chi connectivity index (χ0) is 12.0. The Morgan fingerprint density at radius 1 is 1.62 bits per heavy atom. The molecular formula is C11H16N2O3. The highest BCUT2D eigenvalue weighted by Crippen LogP contribution is 2.08. The van der Waals surface area contributed by atoms with Gasteiger partial charge in [-0.2, -0.15) is 0 Å². The Morgan fingerprint density at radius 2 is 2.38 bits per heavy atom. The van der Waals surface area contributed by atoms with E-state index < -0.39 is 12.0 Å². The zero-order valence-corrected chi connectivity index (χ0v) is 9.03. The second kappa shape index (κ2) is 6.13. The van der Waals surface area contributed by atoms with Crippen molar-refractivity contribution >= 4 is 11.9 Å². The van der Waals surface area contributed by atoms with Gasteiger partial charge >= 0.3 is 5.97 Å². The van der Waals surface area contributed by atoms with Crippen molar-refractivity contribution in [1.29, 1.82) is 0 Å². The molecule has 16 heavy (non-hydrogen) atoms. The predicted molar refractivity (Wildman–Crippen MR) is 58.7 cm³/mol. The van der Waals surface area contributed by atoms with Gasteiger partial charge < -0.3 is 15.7 Å². The number of hydrogen-bond acceptors (Lipinski definition) is 3. The van der Waals surface area contributed by atoms with Gasteiger partial charge in [0.2, 0.25) is 5.91 Å². The fourth-order valence-electron chi connectivity index (χ4n) is 1.73. The molecule has 1 aliphatic rings. The van der Waals surface area contributed by atoms with Crippen LogP contribution in [0, 0.1) is 12.3 Å². The van der Waals surface area contributed by atoms with Crippen LogP contribution < -0.4 is 10.6 Å². The Morgan fingerprint density at radius 3 is 2.88 bits per heavy atom. The largest absolute Gasteiger partial charge is 0.480 e. The Kier molecular flexibility index (Phi) is 4.80. The summed E-state index contributed by atoms with van der Waals surface area (Å²) in [6.45, 7) is 0.921. The number of amides is 1. The van der Waals surface area contributed by atoms with Crippen molar-refractivity contribution in [2.75, 3.05) is 6.54 Å². The van der Waals surface area contributed by atoms with Crippen LogP contribution in [-0.2, 0) is 9.59 Å². The van der Waals surface area contributed by atoms with Crippen molar-refractivity contribution < 1.29 is 14.7 Å². The summed E-state index contributed by atoms with van der Waals surface area (Å²) in [4.78, 5) is 22.2. The lowest BCUT2D eigenvalue weighted by Crippen LogP contribution is -2.42. The third-order valence-corrected chi connectivity index (χ3v) is 2.55. The van der Waals surface area contributed by atoms with Crippen molar-refractivity contribution in [1.82, 2.24) is 10.6 Å². The molecule has 0 aliphatic carbocycles. The van der Waals surface area contributed by atoms with Gasteiger partial charge in [0.15, 0.2) is 0 Å². The van der Waals surface area contributed by atoms with E-state index in [4.69, 9.17) is 11.5 Å². The highest BCUT2D eigenvalue weighted by Gasteiger charge is 2.22. The van der Waals surface area contributed by atoms with Gasteiger partial charge in [-0.1, -0.05) is 0 Å². The van der Waals surface area contributed by atoms with Gasteiger partial charge in [-0.05, 0) is 19.4 Å². The van der Waals surface area contributed by atoms with Gasteiger partial charge in [0, 0.05) is 18.9 Å². The van der Waals surface area contributed by atoms with Gasteiger partial charge in [-0.15, -0.1) is 12.3 Å². The van der Waals surface area contributed by atoms with Gasteiger partial charge in [-0.3, -0.25) is 4.79 Å². The minimum atomic E-state index is -1.09. The Bertz CT molecular complexity index is 303. The summed E-state index contributed by atoms with van der Waals surface area (Å²) >= 11 is 0. The summed E-state index contributed by atoms with van der Waals surface area (Å²) in [6, 6.07) is -0.806. The van der Waals surface area contributed by atoms with Crippen LogP contribution in [0.2, 0.25) is 0 Å². The number of aliphatic carboxylic acids is 1. The lowest BCUT2D eigenvalue weighted by atomic mass is 10.1. The summed E-state index contributed by atoms with van der Waals surface area (Å²) in [7, 11) is 0. The summed E-state index contributed by atoms with van der Waals surface area (Å²) in [5.74, 6) is 0.883. The smallest absolute Gasteiger partial charge is 0.327 e. The second-order valence-corrected chi connectivity index (χ2v) is 3.86. The number of carbonyl (C=O) groups is 2. The van der Waals surface area contributed by atoms with E-state index in [0.29, 0.717) is 6.42 Å². The number of hydrogen-bond donors (Lipinski definition) is 3. The summed E-state index contributed by atoms with van der Waals surface area (Å²) in [6.07, 6.45) is 7.38. The molecule has 5 nitrogen and oxygen atoms in total. The van der Waals surface area contributed by atoms with E-state index in [1.807, 2.05) is 0 Å². The number of carboxylic acids is 1. The fraction of sp³-hybridized carbons (Fsp3) is 0.636. The Labute approximate surface area is 94.6 Å². The molecule has 0 spiro atoms. The first-order valence-electron chi connectivity index (χ1n) is 5.32. The van der Waals surface area contributed by atoms with Gasteiger partial charge in [0.05, 0.1) is 0 Å². The topological polar surface area (TPSA) is 78.4 Å². The molecule has 2 unspecified atom stereocenters. The predicted octanol–water partition coefficient (Wildman–Crippen LogP) is -0.279. The van der Waals surface area contributed by atoms with Crippen LogP contribution in [0.4, 0.5) is 0 Å².